The minimum Gasteiger partial charge on any atom is -0.374 e. The number of likely N-dealkylation sites (N-methyl/N-ethyl adjacent to an activating group) is 1. The number of benzene rings is 1. The predicted molar refractivity (Wildman–Crippen MR) is 102 cm³/mol. The Morgan fingerprint density at radius 3 is 2.69 bits per heavy atom. The molecule has 1 aliphatic rings. The summed E-state index contributed by atoms with van der Waals surface area (Å²) in [6.07, 6.45) is -4.63. The van der Waals surface area contributed by atoms with Gasteiger partial charge in [-0.15, -0.1) is 24.0 Å². The van der Waals surface area contributed by atoms with Crippen LogP contribution in [0.25, 0.3) is 0 Å². The molecule has 2 N–H and O–H groups in total. The fourth-order valence-electron chi connectivity index (χ4n) is 2.57. The molecule has 0 saturated carbocycles. The van der Waals surface area contributed by atoms with Crippen molar-refractivity contribution in [2.75, 3.05) is 40.3 Å². The van der Waals surface area contributed by atoms with Crippen molar-refractivity contribution in [3.8, 4) is 0 Å². The highest BCUT2D eigenvalue weighted by molar-refractivity contribution is 14.0. The van der Waals surface area contributed by atoms with Gasteiger partial charge in [0.25, 0.3) is 0 Å². The molecule has 1 fully saturated rings. The number of guanidine groups is 1. The number of hydrogen-bond donors (Lipinski definition) is 2. The SMILES string of the molecule is CN=C(NCc1ccc(F)cc1C(F)(F)F)NCC1CN(C)CCO1.I. The molecule has 148 valence electrons. The molecular weight excluding hydrogens is 467 g/mol. The van der Waals surface area contributed by atoms with E-state index in [1.54, 1.807) is 0 Å². The van der Waals surface area contributed by atoms with Crippen molar-refractivity contribution in [1.29, 1.82) is 0 Å². The lowest BCUT2D eigenvalue weighted by molar-refractivity contribution is -0.138. The van der Waals surface area contributed by atoms with Crippen LogP contribution in [0.1, 0.15) is 11.1 Å². The average molecular weight is 490 g/mol. The molecule has 1 saturated heterocycles. The van der Waals surface area contributed by atoms with E-state index in [4.69, 9.17) is 4.74 Å². The summed E-state index contributed by atoms with van der Waals surface area (Å²) < 4.78 is 57.7. The summed E-state index contributed by atoms with van der Waals surface area (Å²) in [7, 11) is 3.52. The van der Waals surface area contributed by atoms with E-state index in [-0.39, 0.29) is 42.2 Å². The third kappa shape index (κ3) is 6.88. The van der Waals surface area contributed by atoms with Gasteiger partial charge in [0.2, 0.25) is 0 Å². The van der Waals surface area contributed by atoms with Crippen LogP contribution in [-0.4, -0.2) is 57.3 Å². The number of halogens is 5. The fraction of sp³-hybridized carbons (Fsp3) is 0.562. The van der Waals surface area contributed by atoms with E-state index in [1.807, 2.05) is 7.05 Å². The fourth-order valence-corrected chi connectivity index (χ4v) is 2.57. The molecule has 1 aromatic carbocycles. The second-order valence-electron chi connectivity index (χ2n) is 5.86. The minimum absolute atomic E-state index is 0. The van der Waals surface area contributed by atoms with E-state index >= 15 is 0 Å². The van der Waals surface area contributed by atoms with Crippen molar-refractivity contribution < 1.29 is 22.3 Å². The quantitative estimate of drug-likeness (QED) is 0.295. The molecule has 0 aliphatic carbocycles. The highest BCUT2D eigenvalue weighted by Crippen LogP contribution is 2.32. The van der Waals surface area contributed by atoms with Gasteiger partial charge in [-0.3, -0.25) is 4.99 Å². The van der Waals surface area contributed by atoms with Gasteiger partial charge >= 0.3 is 6.18 Å². The third-order valence-electron chi connectivity index (χ3n) is 3.89. The van der Waals surface area contributed by atoms with E-state index < -0.39 is 17.6 Å². The van der Waals surface area contributed by atoms with Crippen LogP contribution in [0.5, 0.6) is 0 Å². The molecule has 2 rings (SSSR count). The smallest absolute Gasteiger partial charge is 0.374 e. The zero-order valence-corrected chi connectivity index (χ0v) is 16.9. The number of nitrogens with zero attached hydrogens (tertiary/aromatic N) is 2. The topological polar surface area (TPSA) is 48.9 Å². The van der Waals surface area contributed by atoms with Gasteiger partial charge in [-0.25, -0.2) is 4.39 Å². The summed E-state index contributed by atoms with van der Waals surface area (Å²) in [4.78, 5) is 6.12. The molecule has 0 aromatic heterocycles. The first-order valence-electron chi connectivity index (χ1n) is 7.90. The minimum atomic E-state index is -4.61. The molecule has 0 radical (unpaired) electrons. The summed E-state index contributed by atoms with van der Waals surface area (Å²) >= 11 is 0. The summed E-state index contributed by atoms with van der Waals surface area (Å²) in [6.45, 7) is 2.63. The molecule has 10 heteroatoms. The van der Waals surface area contributed by atoms with E-state index in [1.165, 1.54) is 7.05 Å². The Balaban J connectivity index is 0.00000338. The van der Waals surface area contributed by atoms with Gasteiger partial charge in [0.1, 0.15) is 5.82 Å². The van der Waals surface area contributed by atoms with Gasteiger partial charge in [-0.1, -0.05) is 6.07 Å². The van der Waals surface area contributed by atoms with Crippen molar-refractivity contribution in [2.24, 2.45) is 4.99 Å². The molecule has 0 amide bonds. The van der Waals surface area contributed by atoms with Crippen LogP contribution in [0.3, 0.4) is 0 Å². The first-order valence-corrected chi connectivity index (χ1v) is 7.90. The van der Waals surface area contributed by atoms with Gasteiger partial charge in [0.05, 0.1) is 18.3 Å². The summed E-state index contributed by atoms with van der Waals surface area (Å²) in [6, 6.07) is 2.63. The van der Waals surface area contributed by atoms with Crippen LogP contribution >= 0.6 is 24.0 Å². The molecule has 0 spiro atoms. The number of aliphatic imine (C=N–C) groups is 1. The van der Waals surface area contributed by atoms with Crippen molar-refractivity contribution in [2.45, 2.75) is 18.8 Å². The maximum absolute atomic E-state index is 13.1. The molecule has 1 unspecified atom stereocenters. The second-order valence-corrected chi connectivity index (χ2v) is 5.86. The molecule has 1 aliphatic heterocycles. The van der Waals surface area contributed by atoms with Crippen molar-refractivity contribution in [1.82, 2.24) is 15.5 Å². The van der Waals surface area contributed by atoms with Crippen LogP contribution in [0, 0.1) is 5.82 Å². The van der Waals surface area contributed by atoms with E-state index in [0.717, 1.165) is 25.2 Å². The highest BCUT2D eigenvalue weighted by Gasteiger charge is 2.33. The van der Waals surface area contributed by atoms with Crippen LogP contribution in [0.15, 0.2) is 23.2 Å². The van der Waals surface area contributed by atoms with Gasteiger partial charge in [-0.05, 0) is 24.7 Å². The Morgan fingerprint density at radius 1 is 1.35 bits per heavy atom. The molecule has 1 aromatic rings. The Labute approximate surface area is 167 Å². The molecule has 1 heterocycles. The number of morpholine rings is 1. The van der Waals surface area contributed by atoms with E-state index in [9.17, 15) is 17.6 Å². The Morgan fingerprint density at radius 2 is 2.08 bits per heavy atom. The second kappa shape index (κ2) is 10.3. The van der Waals surface area contributed by atoms with Crippen LogP contribution in [0.2, 0.25) is 0 Å². The molecule has 0 bridgehead atoms. The zero-order valence-electron chi connectivity index (χ0n) is 14.6. The average Bonchev–Trinajstić information content (AvgIpc) is 2.55. The first-order chi connectivity index (χ1) is 11.8. The van der Waals surface area contributed by atoms with Gasteiger partial charge in [0.15, 0.2) is 5.96 Å². The molecular formula is C16H23F4IN4O. The largest absolute Gasteiger partial charge is 0.416 e. The van der Waals surface area contributed by atoms with E-state index in [0.29, 0.717) is 25.2 Å². The zero-order chi connectivity index (χ0) is 18.4. The third-order valence-corrected chi connectivity index (χ3v) is 3.89. The van der Waals surface area contributed by atoms with Crippen molar-refractivity contribution in [3.05, 3.63) is 35.1 Å². The van der Waals surface area contributed by atoms with Crippen LogP contribution in [0.4, 0.5) is 17.6 Å². The lowest BCUT2D eigenvalue weighted by atomic mass is 10.1. The van der Waals surface area contributed by atoms with Gasteiger partial charge < -0.3 is 20.3 Å². The molecule has 1 atom stereocenters. The summed E-state index contributed by atoms with van der Waals surface area (Å²) in [5.74, 6) is -0.563. The first kappa shape index (κ1) is 22.9. The number of alkyl halides is 3. The van der Waals surface area contributed by atoms with Crippen LogP contribution < -0.4 is 10.6 Å². The predicted octanol–water partition coefficient (Wildman–Crippen LogP) is 2.46. The Bertz CT molecular complexity index is 612. The van der Waals surface area contributed by atoms with Crippen molar-refractivity contribution >= 4 is 29.9 Å². The number of nitrogens with one attached hydrogen (secondary N) is 2. The number of ether oxygens (including phenoxy) is 1. The maximum atomic E-state index is 13.1. The normalized spacial score (nSPS) is 19.0. The van der Waals surface area contributed by atoms with Gasteiger partial charge in [-0.2, -0.15) is 13.2 Å². The Kier molecular flexibility index (Phi) is 9.04. The molecule has 5 nitrogen and oxygen atoms in total. The lowest BCUT2D eigenvalue weighted by Gasteiger charge is -2.30. The highest BCUT2D eigenvalue weighted by atomic mass is 127. The van der Waals surface area contributed by atoms with Gasteiger partial charge in [0, 0.05) is 33.2 Å². The van der Waals surface area contributed by atoms with E-state index in [2.05, 4.69) is 20.5 Å². The lowest BCUT2D eigenvalue weighted by Crippen LogP contribution is -2.48. The maximum Gasteiger partial charge on any atom is 0.416 e. The standard InChI is InChI=1S/C16H22F4N4O.HI/c1-21-15(23-9-13-10-24(2)5-6-25-13)22-8-11-3-4-12(17)7-14(11)16(18,19)20;/h3-4,7,13H,5-6,8-10H2,1-2H3,(H2,21,22,23);1H. The number of hydrogen-bond acceptors (Lipinski definition) is 3. The number of rotatable bonds is 4. The summed E-state index contributed by atoms with van der Waals surface area (Å²) in [5.41, 5.74) is -1.04. The van der Waals surface area contributed by atoms with Crippen LogP contribution in [-0.2, 0) is 17.5 Å². The monoisotopic (exact) mass is 490 g/mol. The van der Waals surface area contributed by atoms with Crippen molar-refractivity contribution in [3.63, 3.8) is 0 Å². The molecule has 26 heavy (non-hydrogen) atoms. The summed E-state index contributed by atoms with van der Waals surface area (Å²) in [5, 5.41) is 5.85. The Hall–Kier alpha value is -1.14.